The van der Waals surface area contributed by atoms with Gasteiger partial charge < -0.3 is 5.32 Å². The summed E-state index contributed by atoms with van der Waals surface area (Å²) in [4.78, 5) is 20.7. The SMILES string of the molecule is Cc1nc(C#Cc2ccc(C#N)c(C(=O)Nc3cccnc3)c2)cs1. The Labute approximate surface area is 149 Å². The molecule has 0 saturated heterocycles. The minimum Gasteiger partial charge on any atom is -0.321 e. The zero-order chi connectivity index (χ0) is 17.6. The van der Waals surface area contributed by atoms with E-state index in [4.69, 9.17) is 0 Å². The summed E-state index contributed by atoms with van der Waals surface area (Å²) in [5, 5.41) is 14.8. The largest absolute Gasteiger partial charge is 0.321 e. The second-order valence-corrected chi connectivity index (χ2v) is 6.13. The molecule has 3 rings (SSSR count). The Morgan fingerprint density at radius 1 is 1.28 bits per heavy atom. The number of amides is 1. The lowest BCUT2D eigenvalue weighted by Crippen LogP contribution is -2.14. The average Bonchev–Trinajstić information content (AvgIpc) is 3.06. The lowest BCUT2D eigenvalue weighted by Gasteiger charge is -2.06. The molecule has 25 heavy (non-hydrogen) atoms. The second-order valence-electron chi connectivity index (χ2n) is 5.07. The maximum Gasteiger partial charge on any atom is 0.257 e. The Morgan fingerprint density at radius 2 is 2.16 bits per heavy atom. The van der Waals surface area contributed by atoms with E-state index in [0.29, 0.717) is 16.9 Å². The van der Waals surface area contributed by atoms with Crippen molar-refractivity contribution in [1.82, 2.24) is 9.97 Å². The van der Waals surface area contributed by atoms with Gasteiger partial charge in [-0.25, -0.2) is 4.98 Å². The molecule has 0 bridgehead atoms. The number of aryl methyl sites for hydroxylation is 1. The second kappa shape index (κ2) is 7.39. The minimum atomic E-state index is -0.377. The first kappa shape index (κ1) is 16.4. The monoisotopic (exact) mass is 344 g/mol. The van der Waals surface area contributed by atoms with Crippen molar-refractivity contribution >= 4 is 22.9 Å². The van der Waals surface area contributed by atoms with Gasteiger partial charge in [-0.3, -0.25) is 9.78 Å². The highest BCUT2D eigenvalue weighted by Crippen LogP contribution is 2.14. The van der Waals surface area contributed by atoms with Crippen LogP contribution in [0.5, 0.6) is 0 Å². The summed E-state index contributed by atoms with van der Waals surface area (Å²) in [5.74, 6) is 5.56. The first-order chi connectivity index (χ1) is 12.2. The number of carbonyl (C=O) groups excluding carboxylic acids is 1. The fourth-order valence-corrected chi connectivity index (χ4v) is 2.64. The predicted molar refractivity (Wildman–Crippen MR) is 96.2 cm³/mol. The van der Waals surface area contributed by atoms with Crippen LogP contribution in [0, 0.1) is 30.1 Å². The van der Waals surface area contributed by atoms with Crippen molar-refractivity contribution in [2.75, 3.05) is 5.32 Å². The van der Waals surface area contributed by atoms with Crippen LogP contribution in [-0.2, 0) is 0 Å². The summed E-state index contributed by atoms with van der Waals surface area (Å²) in [5.41, 5.74) is 2.45. The summed E-state index contributed by atoms with van der Waals surface area (Å²) in [7, 11) is 0. The number of anilines is 1. The van der Waals surface area contributed by atoms with Crippen molar-refractivity contribution in [3.8, 4) is 17.9 Å². The molecule has 5 nitrogen and oxygen atoms in total. The lowest BCUT2D eigenvalue weighted by molar-refractivity contribution is 0.102. The van der Waals surface area contributed by atoms with Crippen molar-refractivity contribution < 1.29 is 4.79 Å². The number of aromatic nitrogens is 2. The van der Waals surface area contributed by atoms with Crippen LogP contribution < -0.4 is 5.32 Å². The van der Waals surface area contributed by atoms with Crippen LogP contribution >= 0.6 is 11.3 Å². The molecule has 2 heterocycles. The van der Waals surface area contributed by atoms with E-state index in [1.54, 1.807) is 36.5 Å². The number of carbonyl (C=O) groups is 1. The topological polar surface area (TPSA) is 78.7 Å². The van der Waals surface area contributed by atoms with Crippen LogP contribution in [0.4, 0.5) is 5.69 Å². The molecule has 1 amide bonds. The Bertz CT molecular complexity index is 1020. The molecule has 0 radical (unpaired) electrons. The van der Waals surface area contributed by atoms with Gasteiger partial charge in [0.15, 0.2) is 0 Å². The zero-order valence-electron chi connectivity index (χ0n) is 13.3. The average molecular weight is 344 g/mol. The smallest absolute Gasteiger partial charge is 0.257 e. The Morgan fingerprint density at radius 3 is 2.84 bits per heavy atom. The molecular weight excluding hydrogens is 332 g/mol. The molecule has 6 heteroatoms. The summed E-state index contributed by atoms with van der Waals surface area (Å²) in [6.07, 6.45) is 3.16. The fourth-order valence-electron chi connectivity index (χ4n) is 2.10. The highest BCUT2D eigenvalue weighted by atomic mass is 32.1. The van der Waals surface area contributed by atoms with E-state index >= 15 is 0 Å². The molecule has 0 saturated carbocycles. The summed E-state index contributed by atoms with van der Waals surface area (Å²) >= 11 is 1.53. The number of nitrogens with zero attached hydrogens (tertiary/aromatic N) is 3. The van der Waals surface area contributed by atoms with E-state index in [1.165, 1.54) is 17.5 Å². The van der Waals surface area contributed by atoms with Gasteiger partial charge in [0.2, 0.25) is 0 Å². The summed E-state index contributed by atoms with van der Waals surface area (Å²) in [6.45, 7) is 1.92. The Kier molecular flexibility index (Phi) is 4.84. The van der Waals surface area contributed by atoms with Crippen LogP contribution in [0.15, 0.2) is 48.1 Å². The number of hydrogen-bond donors (Lipinski definition) is 1. The molecule has 0 aliphatic carbocycles. The van der Waals surface area contributed by atoms with Crippen molar-refractivity contribution in [2.45, 2.75) is 6.92 Å². The lowest BCUT2D eigenvalue weighted by atomic mass is 10.0. The van der Waals surface area contributed by atoms with E-state index in [9.17, 15) is 10.1 Å². The highest BCUT2D eigenvalue weighted by Gasteiger charge is 2.12. The molecule has 0 spiro atoms. The van der Waals surface area contributed by atoms with Crippen LogP contribution in [0.1, 0.15) is 32.2 Å². The quantitative estimate of drug-likeness (QED) is 0.723. The van der Waals surface area contributed by atoms with Gasteiger partial charge in [-0.15, -0.1) is 11.3 Å². The zero-order valence-corrected chi connectivity index (χ0v) is 14.1. The summed E-state index contributed by atoms with van der Waals surface area (Å²) < 4.78 is 0. The first-order valence-electron chi connectivity index (χ1n) is 7.35. The number of nitrogens with one attached hydrogen (secondary N) is 1. The molecule has 0 aliphatic heterocycles. The van der Waals surface area contributed by atoms with Gasteiger partial charge in [-0.2, -0.15) is 5.26 Å². The normalized spacial score (nSPS) is 9.60. The molecule has 1 aromatic carbocycles. The van der Waals surface area contributed by atoms with Gasteiger partial charge in [-0.05, 0) is 43.2 Å². The minimum absolute atomic E-state index is 0.271. The van der Waals surface area contributed by atoms with Gasteiger partial charge in [0.1, 0.15) is 5.69 Å². The maximum absolute atomic E-state index is 12.5. The molecule has 0 aliphatic rings. The van der Waals surface area contributed by atoms with Crippen molar-refractivity contribution in [3.63, 3.8) is 0 Å². The van der Waals surface area contributed by atoms with Crippen LogP contribution in [-0.4, -0.2) is 15.9 Å². The molecule has 1 N–H and O–H groups in total. The number of pyridine rings is 1. The van der Waals surface area contributed by atoms with Gasteiger partial charge in [0.05, 0.1) is 34.1 Å². The van der Waals surface area contributed by atoms with Crippen molar-refractivity contribution in [3.05, 3.63) is 75.5 Å². The van der Waals surface area contributed by atoms with E-state index in [2.05, 4.69) is 27.1 Å². The van der Waals surface area contributed by atoms with Crippen molar-refractivity contribution in [1.29, 1.82) is 5.26 Å². The molecule has 120 valence electrons. The number of thiazole rings is 1. The maximum atomic E-state index is 12.5. The molecule has 0 unspecified atom stereocenters. The van der Waals surface area contributed by atoms with E-state index in [-0.39, 0.29) is 17.0 Å². The number of hydrogen-bond acceptors (Lipinski definition) is 5. The molecule has 2 aromatic heterocycles. The van der Waals surface area contributed by atoms with E-state index in [1.807, 2.05) is 18.4 Å². The van der Waals surface area contributed by atoms with Crippen molar-refractivity contribution in [2.24, 2.45) is 0 Å². The van der Waals surface area contributed by atoms with Crippen LogP contribution in [0.2, 0.25) is 0 Å². The van der Waals surface area contributed by atoms with Gasteiger partial charge in [0, 0.05) is 17.1 Å². The van der Waals surface area contributed by atoms with Gasteiger partial charge in [0.25, 0.3) is 5.91 Å². The van der Waals surface area contributed by atoms with Crippen LogP contribution in [0.3, 0.4) is 0 Å². The standard InChI is InChI=1S/C19H12N4OS/c1-13-22-17(12-25-13)7-5-14-4-6-15(10-20)18(9-14)19(24)23-16-3-2-8-21-11-16/h2-4,6,8-9,11-12H,1H3,(H,23,24). The third-order valence-electron chi connectivity index (χ3n) is 3.26. The molecular formula is C19H12N4OS. The highest BCUT2D eigenvalue weighted by molar-refractivity contribution is 7.09. The fraction of sp³-hybridized carbons (Fsp3) is 0.0526. The molecule has 0 atom stereocenters. The first-order valence-corrected chi connectivity index (χ1v) is 8.23. The number of nitriles is 1. The Balaban J connectivity index is 1.89. The van der Waals surface area contributed by atoms with Crippen LogP contribution in [0.25, 0.3) is 0 Å². The van der Waals surface area contributed by atoms with Gasteiger partial charge in [-0.1, -0.05) is 5.92 Å². The Hall–Kier alpha value is -3.48. The van der Waals surface area contributed by atoms with E-state index in [0.717, 1.165) is 5.01 Å². The number of benzene rings is 1. The summed E-state index contributed by atoms with van der Waals surface area (Å²) in [6, 6.07) is 10.4. The number of rotatable bonds is 2. The third kappa shape index (κ3) is 4.08. The van der Waals surface area contributed by atoms with Gasteiger partial charge >= 0.3 is 0 Å². The predicted octanol–water partition coefficient (Wildman–Crippen LogP) is 3.37. The van der Waals surface area contributed by atoms with E-state index < -0.39 is 0 Å². The molecule has 3 aromatic rings. The third-order valence-corrected chi connectivity index (χ3v) is 4.03. The molecule has 0 fully saturated rings.